The number of ether oxygens (including phenoxy) is 1. The quantitative estimate of drug-likeness (QED) is 0.741. The first kappa shape index (κ1) is 18.2. The molecule has 0 bridgehead atoms. The van der Waals surface area contributed by atoms with Crippen LogP contribution in [0, 0.1) is 5.92 Å². The molecule has 0 aliphatic heterocycles. The van der Waals surface area contributed by atoms with Gasteiger partial charge in [-0.1, -0.05) is 37.3 Å². The number of aliphatic hydroxyl groups is 1. The second-order valence-electron chi connectivity index (χ2n) is 5.56. The molecule has 122 valence electrons. The number of hydrogen-bond donors (Lipinski definition) is 1. The van der Waals surface area contributed by atoms with Crippen LogP contribution in [0.1, 0.15) is 25.8 Å². The third-order valence-electron chi connectivity index (χ3n) is 3.41. The number of benzene rings is 1. The van der Waals surface area contributed by atoms with Crippen LogP contribution in [0.3, 0.4) is 0 Å². The molecule has 2 unspecified atom stereocenters. The summed E-state index contributed by atoms with van der Waals surface area (Å²) < 4.78 is 4.69. The zero-order valence-electron chi connectivity index (χ0n) is 13.5. The monoisotopic (exact) mass is 307 g/mol. The first-order chi connectivity index (χ1) is 10.4. The normalized spacial score (nSPS) is 13.3. The van der Waals surface area contributed by atoms with Crippen molar-refractivity contribution in [2.24, 2.45) is 5.92 Å². The van der Waals surface area contributed by atoms with Crippen molar-refractivity contribution in [3.05, 3.63) is 35.9 Å². The Bertz CT molecular complexity index is 473. The van der Waals surface area contributed by atoms with Crippen LogP contribution in [0.4, 0.5) is 0 Å². The maximum absolute atomic E-state index is 12.4. The molecule has 1 aromatic rings. The van der Waals surface area contributed by atoms with E-state index in [4.69, 9.17) is 0 Å². The number of hydrogen-bond acceptors (Lipinski definition) is 4. The average Bonchev–Trinajstić information content (AvgIpc) is 2.51. The van der Waals surface area contributed by atoms with Crippen LogP contribution in [-0.2, 0) is 20.7 Å². The molecule has 0 aromatic heterocycles. The molecule has 1 amide bonds. The van der Waals surface area contributed by atoms with Crippen molar-refractivity contribution in [1.82, 2.24) is 4.90 Å². The number of aryl methyl sites for hydroxylation is 1. The van der Waals surface area contributed by atoms with Gasteiger partial charge in [0.05, 0.1) is 19.1 Å². The molecule has 5 nitrogen and oxygen atoms in total. The van der Waals surface area contributed by atoms with Gasteiger partial charge < -0.3 is 14.7 Å². The van der Waals surface area contributed by atoms with Crippen LogP contribution in [-0.4, -0.2) is 48.2 Å². The molecule has 0 aliphatic carbocycles. The molecule has 0 heterocycles. The molecule has 1 aromatic carbocycles. The summed E-state index contributed by atoms with van der Waals surface area (Å²) in [5.74, 6) is -0.837. The molecule has 5 heteroatoms. The van der Waals surface area contributed by atoms with E-state index >= 15 is 0 Å². The predicted octanol–water partition coefficient (Wildman–Crippen LogP) is 1.64. The Morgan fingerprint density at radius 2 is 1.82 bits per heavy atom. The standard InChI is InChI=1S/C17H25NO4/c1-13(17(21)22-3)11-18(12-14(2)19)16(20)10-9-15-7-5-4-6-8-15/h4-8,13-14,19H,9-12H2,1-3H3. The van der Waals surface area contributed by atoms with Gasteiger partial charge in [-0.15, -0.1) is 0 Å². The minimum absolute atomic E-state index is 0.0690. The topological polar surface area (TPSA) is 66.8 Å². The summed E-state index contributed by atoms with van der Waals surface area (Å²) in [6.07, 6.45) is 0.359. The molecule has 0 saturated heterocycles. The molecule has 0 spiro atoms. The summed E-state index contributed by atoms with van der Waals surface area (Å²) >= 11 is 0. The highest BCUT2D eigenvalue weighted by atomic mass is 16.5. The highest BCUT2D eigenvalue weighted by Crippen LogP contribution is 2.09. The van der Waals surface area contributed by atoms with Gasteiger partial charge in [0, 0.05) is 19.5 Å². The number of carbonyl (C=O) groups is 2. The van der Waals surface area contributed by atoms with E-state index < -0.39 is 12.0 Å². The number of carbonyl (C=O) groups excluding carboxylic acids is 2. The molecule has 0 radical (unpaired) electrons. The Hall–Kier alpha value is -1.88. The Balaban J connectivity index is 2.61. The van der Waals surface area contributed by atoms with Gasteiger partial charge in [0.2, 0.25) is 5.91 Å². The minimum atomic E-state index is -0.634. The van der Waals surface area contributed by atoms with Crippen molar-refractivity contribution < 1.29 is 19.4 Å². The molecule has 0 fully saturated rings. The van der Waals surface area contributed by atoms with Gasteiger partial charge in [-0.3, -0.25) is 9.59 Å². The molecular weight excluding hydrogens is 282 g/mol. The second kappa shape index (κ2) is 9.20. The number of methoxy groups -OCH3 is 1. The van der Waals surface area contributed by atoms with E-state index in [1.807, 2.05) is 30.3 Å². The zero-order chi connectivity index (χ0) is 16.5. The van der Waals surface area contributed by atoms with Crippen LogP contribution < -0.4 is 0 Å². The Morgan fingerprint density at radius 1 is 1.18 bits per heavy atom. The molecule has 22 heavy (non-hydrogen) atoms. The van der Waals surface area contributed by atoms with Gasteiger partial charge in [-0.2, -0.15) is 0 Å². The van der Waals surface area contributed by atoms with Crippen LogP contribution >= 0.6 is 0 Å². The van der Waals surface area contributed by atoms with Gasteiger partial charge in [0.15, 0.2) is 0 Å². The van der Waals surface area contributed by atoms with E-state index in [-0.39, 0.29) is 25.0 Å². The van der Waals surface area contributed by atoms with Crippen molar-refractivity contribution in [2.45, 2.75) is 32.8 Å². The molecule has 1 N–H and O–H groups in total. The fourth-order valence-corrected chi connectivity index (χ4v) is 2.26. The van der Waals surface area contributed by atoms with Crippen molar-refractivity contribution >= 4 is 11.9 Å². The smallest absolute Gasteiger partial charge is 0.310 e. The summed E-state index contributed by atoms with van der Waals surface area (Å²) in [5.41, 5.74) is 1.09. The molecule has 1 rings (SSSR count). The Morgan fingerprint density at radius 3 is 2.36 bits per heavy atom. The summed E-state index contributed by atoms with van der Waals surface area (Å²) in [7, 11) is 1.33. The maximum Gasteiger partial charge on any atom is 0.310 e. The molecule has 2 atom stereocenters. The van der Waals surface area contributed by atoms with E-state index in [1.54, 1.807) is 13.8 Å². The lowest BCUT2D eigenvalue weighted by Crippen LogP contribution is -2.41. The van der Waals surface area contributed by atoms with Gasteiger partial charge in [-0.25, -0.2) is 0 Å². The average molecular weight is 307 g/mol. The highest BCUT2D eigenvalue weighted by Gasteiger charge is 2.22. The number of rotatable bonds is 8. The first-order valence-electron chi connectivity index (χ1n) is 7.51. The third kappa shape index (κ3) is 6.26. The number of amides is 1. The van der Waals surface area contributed by atoms with E-state index in [1.165, 1.54) is 12.0 Å². The predicted molar refractivity (Wildman–Crippen MR) is 84.2 cm³/mol. The van der Waals surface area contributed by atoms with Crippen molar-refractivity contribution in [1.29, 1.82) is 0 Å². The fourth-order valence-electron chi connectivity index (χ4n) is 2.26. The summed E-state index contributed by atoms with van der Waals surface area (Å²) in [5, 5.41) is 9.56. The summed E-state index contributed by atoms with van der Waals surface area (Å²) in [6.45, 7) is 3.81. The number of nitrogens with zero attached hydrogens (tertiary/aromatic N) is 1. The lowest BCUT2D eigenvalue weighted by atomic mass is 10.1. The van der Waals surface area contributed by atoms with Gasteiger partial charge in [0.25, 0.3) is 0 Å². The van der Waals surface area contributed by atoms with E-state index in [9.17, 15) is 14.7 Å². The number of aliphatic hydroxyl groups excluding tert-OH is 1. The van der Waals surface area contributed by atoms with Gasteiger partial charge in [0.1, 0.15) is 0 Å². The summed E-state index contributed by atoms with van der Waals surface area (Å²) in [4.78, 5) is 25.4. The van der Waals surface area contributed by atoms with E-state index in [0.717, 1.165) is 5.56 Å². The Labute approximate surface area is 131 Å². The second-order valence-corrected chi connectivity index (χ2v) is 5.56. The third-order valence-corrected chi connectivity index (χ3v) is 3.41. The number of esters is 1. The van der Waals surface area contributed by atoms with E-state index in [0.29, 0.717) is 12.8 Å². The molecule has 0 aliphatic rings. The summed E-state index contributed by atoms with van der Waals surface area (Å²) in [6, 6.07) is 9.76. The minimum Gasteiger partial charge on any atom is -0.469 e. The highest BCUT2D eigenvalue weighted by molar-refractivity contribution is 5.78. The van der Waals surface area contributed by atoms with Crippen LogP contribution in [0.15, 0.2) is 30.3 Å². The lowest BCUT2D eigenvalue weighted by molar-refractivity contribution is -0.146. The largest absolute Gasteiger partial charge is 0.469 e. The van der Waals surface area contributed by atoms with Crippen molar-refractivity contribution in [3.63, 3.8) is 0 Å². The van der Waals surface area contributed by atoms with Crippen LogP contribution in [0.25, 0.3) is 0 Å². The molecular formula is C17H25NO4. The SMILES string of the molecule is COC(=O)C(C)CN(CC(C)O)C(=O)CCc1ccccc1. The first-order valence-corrected chi connectivity index (χ1v) is 7.51. The van der Waals surface area contributed by atoms with Crippen molar-refractivity contribution in [2.75, 3.05) is 20.2 Å². The maximum atomic E-state index is 12.4. The van der Waals surface area contributed by atoms with Crippen LogP contribution in [0.5, 0.6) is 0 Å². The van der Waals surface area contributed by atoms with E-state index in [2.05, 4.69) is 4.74 Å². The van der Waals surface area contributed by atoms with Crippen LogP contribution in [0.2, 0.25) is 0 Å². The lowest BCUT2D eigenvalue weighted by Gasteiger charge is -2.26. The van der Waals surface area contributed by atoms with Crippen molar-refractivity contribution in [3.8, 4) is 0 Å². The molecule has 0 saturated carbocycles. The fraction of sp³-hybridized carbons (Fsp3) is 0.529. The van der Waals surface area contributed by atoms with Gasteiger partial charge in [-0.05, 0) is 18.9 Å². The van der Waals surface area contributed by atoms with Gasteiger partial charge >= 0.3 is 5.97 Å². The zero-order valence-corrected chi connectivity index (χ0v) is 13.5. The Kier molecular flexibility index (Phi) is 7.60.